The second-order valence-corrected chi connectivity index (χ2v) is 9.23. The van der Waals surface area contributed by atoms with Gasteiger partial charge in [0.25, 0.3) is 11.6 Å². The highest BCUT2D eigenvalue weighted by Gasteiger charge is 2.32. The van der Waals surface area contributed by atoms with Crippen LogP contribution in [0.15, 0.2) is 76.6 Å². The van der Waals surface area contributed by atoms with Crippen molar-refractivity contribution in [2.45, 2.75) is 13.5 Å². The number of non-ortho nitro benzene ring substituents is 1. The molecule has 1 aliphatic rings. The fourth-order valence-electron chi connectivity index (χ4n) is 3.44. The highest BCUT2D eigenvalue weighted by atomic mass is 35.5. The minimum atomic E-state index is -1.05. The highest BCUT2D eigenvalue weighted by Crippen LogP contribution is 2.35. The van der Waals surface area contributed by atoms with Crippen LogP contribution in [0.2, 0.25) is 5.02 Å². The second-order valence-electron chi connectivity index (χ2n) is 7.81. The van der Waals surface area contributed by atoms with Crippen molar-refractivity contribution in [3.63, 3.8) is 0 Å². The van der Waals surface area contributed by atoms with E-state index in [1.165, 1.54) is 40.9 Å². The quantitative estimate of drug-likeness (QED) is 0.208. The van der Waals surface area contributed by atoms with Crippen molar-refractivity contribution in [1.82, 2.24) is 4.90 Å². The van der Waals surface area contributed by atoms with Crippen LogP contribution < -0.4 is 4.74 Å². The summed E-state index contributed by atoms with van der Waals surface area (Å²) in [7, 11) is 0. The average Bonchev–Trinajstić information content (AvgIpc) is 3.17. The van der Waals surface area contributed by atoms with Gasteiger partial charge in [0.1, 0.15) is 12.4 Å². The molecule has 3 aromatic carbocycles. The Morgan fingerprint density at radius 2 is 1.95 bits per heavy atom. The second kappa shape index (κ2) is 11.3. The van der Waals surface area contributed by atoms with Gasteiger partial charge in [-0.2, -0.15) is 0 Å². The van der Waals surface area contributed by atoms with Crippen LogP contribution >= 0.6 is 23.4 Å². The number of benzene rings is 3. The van der Waals surface area contributed by atoms with Gasteiger partial charge < -0.3 is 9.84 Å². The molecule has 3 aromatic rings. The summed E-state index contributed by atoms with van der Waals surface area (Å²) in [5, 5.41) is 20.8. The Morgan fingerprint density at radius 3 is 2.59 bits per heavy atom. The molecule has 0 bridgehead atoms. The molecule has 0 unspecified atom stereocenters. The van der Waals surface area contributed by atoms with E-state index in [-0.39, 0.29) is 23.8 Å². The van der Waals surface area contributed by atoms with E-state index < -0.39 is 10.9 Å². The van der Waals surface area contributed by atoms with Gasteiger partial charge in [-0.15, -0.1) is 0 Å². The molecule has 4 rings (SSSR count). The van der Waals surface area contributed by atoms with Crippen LogP contribution in [0.4, 0.5) is 11.4 Å². The molecule has 1 amide bonds. The molecule has 0 spiro atoms. The van der Waals surface area contributed by atoms with Crippen LogP contribution in [0.1, 0.15) is 28.4 Å². The third-order valence-electron chi connectivity index (χ3n) is 5.32. The SMILES string of the molecule is CCN1C(=O)/C(=C/c2ccc(OCc3ccc([N+](=O)[O-])cc3)c(Cl)c2)SC1=Nc1cccc(C(=O)O)c1. The largest absolute Gasteiger partial charge is 0.487 e. The van der Waals surface area contributed by atoms with E-state index in [2.05, 4.69) is 4.99 Å². The summed E-state index contributed by atoms with van der Waals surface area (Å²) in [5.74, 6) is -0.833. The number of halogens is 1. The number of aromatic carboxylic acids is 1. The normalized spacial score (nSPS) is 15.4. The Kier molecular flexibility index (Phi) is 7.90. The zero-order chi connectivity index (χ0) is 26.5. The molecule has 188 valence electrons. The predicted octanol–water partition coefficient (Wildman–Crippen LogP) is 6.15. The van der Waals surface area contributed by atoms with Gasteiger partial charge in [-0.25, -0.2) is 9.79 Å². The molecule has 1 heterocycles. The fourth-order valence-corrected chi connectivity index (χ4v) is 4.75. The van der Waals surface area contributed by atoms with Gasteiger partial charge in [-0.3, -0.25) is 19.8 Å². The number of carbonyl (C=O) groups excluding carboxylic acids is 1. The first-order chi connectivity index (χ1) is 17.7. The van der Waals surface area contributed by atoms with Gasteiger partial charge in [0.05, 0.1) is 26.1 Å². The van der Waals surface area contributed by atoms with Crippen molar-refractivity contribution in [2.75, 3.05) is 6.54 Å². The Hall–Kier alpha value is -4.15. The number of ether oxygens (including phenoxy) is 1. The summed E-state index contributed by atoms with van der Waals surface area (Å²) in [6.07, 6.45) is 1.71. The Balaban J connectivity index is 1.49. The standard InChI is InChI=1S/C26H20ClN3O6S/c1-2-29-24(31)23(37-26(29)28-19-5-3-4-18(14-19)25(32)33)13-17-8-11-22(21(27)12-17)36-15-16-6-9-20(10-7-16)30(34)35/h3-14H,2,15H2,1H3,(H,32,33)/b23-13-,28-26?. The van der Waals surface area contributed by atoms with Gasteiger partial charge in [0, 0.05) is 18.7 Å². The van der Waals surface area contributed by atoms with Gasteiger partial charge in [-0.1, -0.05) is 23.7 Å². The summed E-state index contributed by atoms with van der Waals surface area (Å²) < 4.78 is 5.75. The number of amidine groups is 1. The van der Waals surface area contributed by atoms with Crippen molar-refractivity contribution >= 4 is 57.9 Å². The zero-order valence-corrected chi connectivity index (χ0v) is 21.0. The van der Waals surface area contributed by atoms with Gasteiger partial charge in [0.2, 0.25) is 0 Å². The number of nitro benzene ring substituents is 1. The number of nitrogens with zero attached hydrogens (tertiary/aromatic N) is 3. The number of amides is 1. The Bertz CT molecular complexity index is 1440. The van der Waals surface area contributed by atoms with Crippen molar-refractivity contribution in [3.8, 4) is 5.75 Å². The lowest BCUT2D eigenvalue weighted by Crippen LogP contribution is -2.28. The lowest BCUT2D eigenvalue weighted by Gasteiger charge is -2.12. The molecular formula is C26H20ClN3O6S. The molecule has 1 aliphatic heterocycles. The first kappa shape index (κ1) is 25.9. The Morgan fingerprint density at radius 1 is 1.19 bits per heavy atom. The number of hydrogen-bond donors (Lipinski definition) is 1. The molecule has 0 saturated carbocycles. The van der Waals surface area contributed by atoms with Crippen molar-refractivity contribution in [1.29, 1.82) is 0 Å². The molecule has 9 nitrogen and oxygen atoms in total. The maximum atomic E-state index is 13.0. The van der Waals surface area contributed by atoms with Crippen LogP contribution in [0.25, 0.3) is 6.08 Å². The monoisotopic (exact) mass is 537 g/mol. The van der Waals surface area contributed by atoms with E-state index >= 15 is 0 Å². The maximum absolute atomic E-state index is 13.0. The van der Waals surface area contributed by atoms with Crippen LogP contribution in [0.5, 0.6) is 5.75 Å². The third-order valence-corrected chi connectivity index (χ3v) is 6.62. The molecule has 0 atom stereocenters. The average molecular weight is 538 g/mol. The third kappa shape index (κ3) is 6.16. The van der Waals surface area contributed by atoms with E-state index in [1.807, 2.05) is 6.92 Å². The number of likely N-dealkylation sites (N-methyl/N-ethyl adjacent to an activating group) is 1. The molecule has 0 radical (unpaired) electrons. The van der Waals surface area contributed by atoms with E-state index in [4.69, 9.17) is 16.3 Å². The molecule has 1 fully saturated rings. The molecule has 1 N–H and O–H groups in total. The summed E-state index contributed by atoms with van der Waals surface area (Å²) in [5.41, 5.74) is 1.99. The number of hydrogen-bond acceptors (Lipinski definition) is 7. The topological polar surface area (TPSA) is 122 Å². The van der Waals surface area contributed by atoms with Gasteiger partial charge in [-0.05, 0) is 78.4 Å². The molecule has 1 saturated heterocycles. The van der Waals surface area contributed by atoms with Crippen molar-refractivity contribution in [2.24, 2.45) is 4.99 Å². The number of thioether (sulfide) groups is 1. The fraction of sp³-hybridized carbons (Fsp3) is 0.115. The maximum Gasteiger partial charge on any atom is 0.335 e. The molecular weight excluding hydrogens is 518 g/mol. The molecule has 0 aromatic heterocycles. The first-order valence-corrected chi connectivity index (χ1v) is 12.2. The number of rotatable bonds is 8. The van der Waals surface area contributed by atoms with E-state index in [0.29, 0.717) is 38.6 Å². The summed E-state index contributed by atoms with van der Waals surface area (Å²) in [6.45, 7) is 2.41. The van der Waals surface area contributed by atoms with E-state index in [9.17, 15) is 24.8 Å². The molecule has 0 aliphatic carbocycles. The highest BCUT2D eigenvalue weighted by molar-refractivity contribution is 8.18. The number of aliphatic imine (C=N–C) groups is 1. The van der Waals surface area contributed by atoms with Crippen LogP contribution in [-0.2, 0) is 11.4 Å². The predicted molar refractivity (Wildman–Crippen MR) is 142 cm³/mol. The number of carbonyl (C=O) groups is 2. The smallest absolute Gasteiger partial charge is 0.335 e. The molecule has 37 heavy (non-hydrogen) atoms. The summed E-state index contributed by atoms with van der Waals surface area (Å²) in [4.78, 5) is 41.0. The number of carboxylic acids is 1. The van der Waals surface area contributed by atoms with Gasteiger partial charge in [0.15, 0.2) is 5.17 Å². The summed E-state index contributed by atoms with van der Waals surface area (Å²) >= 11 is 7.59. The lowest BCUT2D eigenvalue weighted by molar-refractivity contribution is -0.384. The van der Waals surface area contributed by atoms with Crippen LogP contribution in [0.3, 0.4) is 0 Å². The van der Waals surface area contributed by atoms with Crippen molar-refractivity contribution in [3.05, 3.63) is 103 Å². The lowest BCUT2D eigenvalue weighted by atomic mass is 10.2. The van der Waals surface area contributed by atoms with Crippen molar-refractivity contribution < 1.29 is 24.4 Å². The number of nitro groups is 1. The Labute approximate surface area is 221 Å². The zero-order valence-electron chi connectivity index (χ0n) is 19.5. The molecule has 11 heteroatoms. The van der Waals surface area contributed by atoms with Gasteiger partial charge >= 0.3 is 5.97 Å². The van der Waals surface area contributed by atoms with E-state index in [1.54, 1.807) is 48.5 Å². The van der Waals surface area contributed by atoms with E-state index in [0.717, 1.165) is 5.56 Å². The number of carboxylic acid groups (broad SMARTS) is 1. The minimum absolute atomic E-state index is 0.00197. The minimum Gasteiger partial charge on any atom is -0.487 e. The summed E-state index contributed by atoms with van der Waals surface area (Å²) in [6, 6.07) is 17.4. The first-order valence-electron chi connectivity index (χ1n) is 11.0. The van der Waals surface area contributed by atoms with Crippen LogP contribution in [0, 0.1) is 10.1 Å². The van der Waals surface area contributed by atoms with Crippen LogP contribution in [-0.4, -0.2) is 38.5 Å².